The molecule has 0 spiro atoms. The molecule has 2 aliphatic rings. The van der Waals surface area contributed by atoms with Gasteiger partial charge in [-0.3, -0.25) is 5.01 Å². The van der Waals surface area contributed by atoms with Crippen LogP contribution in [0.2, 0.25) is 0 Å². The number of nitrogens with one attached hydrogen (secondary N) is 1. The SMILES string of the molecule is C/C=N\N1C=CC(Oc2cc(F)c(Nc3ncnc4cc5c(nc34)N(CCCC)CC(C)CO5)cc2C)=CC1. The number of aromatic nitrogens is 3. The first-order valence-electron chi connectivity index (χ1n) is 13.4. The van der Waals surface area contributed by atoms with Crippen LogP contribution in [-0.2, 0) is 0 Å². The summed E-state index contributed by atoms with van der Waals surface area (Å²) >= 11 is 0. The molecule has 0 fully saturated rings. The molecular weight excluding hydrogens is 497 g/mol. The largest absolute Gasteiger partial charge is 0.489 e. The van der Waals surface area contributed by atoms with Crippen molar-refractivity contribution in [2.75, 3.05) is 36.5 Å². The second-order valence-corrected chi connectivity index (χ2v) is 9.86. The Bertz CT molecular complexity index is 1440. The van der Waals surface area contributed by atoms with Crippen molar-refractivity contribution in [1.29, 1.82) is 0 Å². The fourth-order valence-corrected chi connectivity index (χ4v) is 4.58. The Morgan fingerprint density at radius 1 is 1.28 bits per heavy atom. The first-order valence-corrected chi connectivity index (χ1v) is 13.4. The van der Waals surface area contributed by atoms with Gasteiger partial charge in [-0.2, -0.15) is 5.10 Å². The van der Waals surface area contributed by atoms with Gasteiger partial charge >= 0.3 is 0 Å². The van der Waals surface area contributed by atoms with E-state index in [0.717, 1.165) is 37.3 Å². The summed E-state index contributed by atoms with van der Waals surface area (Å²) in [6.07, 6.45) is 10.8. The number of hydrazone groups is 1. The van der Waals surface area contributed by atoms with E-state index in [1.165, 1.54) is 12.4 Å². The molecular formula is C29H34FN7O2. The van der Waals surface area contributed by atoms with Crippen molar-refractivity contribution in [1.82, 2.24) is 20.0 Å². The van der Waals surface area contributed by atoms with Crippen molar-refractivity contribution in [2.45, 2.75) is 40.5 Å². The summed E-state index contributed by atoms with van der Waals surface area (Å²) in [6, 6.07) is 4.99. The van der Waals surface area contributed by atoms with Gasteiger partial charge in [-0.25, -0.2) is 19.3 Å². The molecule has 2 aliphatic heterocycles. The van der Waals surface area contributed by atoms with E-state index >= 15 is 4.39 Å². The maximum atomic E-state index is 15.3. The molecule has 39 heavy (non-hydrogen) atoms. The molecule has 0 amide bonds. The highest BCUT2D eigenvalue weighted by Crippen LogP contribution is 2.36. The van der Waals surface area contributed by atoms with E-state index in [9.17, 15) is 0 Å². The van der Waals surface area contributed by atoms with Crippen LogP contribution < -0.4 is 19.7 Å². The van der Waals surface area contributed by atoms with Gasteiger partial charge < -0.3 is 19.7 Å². The van der Waals surface area contributed by atoms with Gasteiger partial charge in [-0.1, -0.05) is 20.3 Å². The lowest BCUT2D eigenvalue weighted by Gasteiger charge is -2.24. The van der Waals surface area contributed by atoms with E-state index in [0.29, 0.717) is 53.2 Å². The Hall–Kier alpha value is -4.21. The summed E-state index contributed by atoms with van der Waals surface area (Å²) in [7, 11) is 0. The standard InChI is InChI=1S/C29H34FN7O2/c1-5-7-10-36-16-19(3)17-38-26-15-24-27(35-29(26)36)28(32-18-31-24)34-23-13-20(4)25(14-22(23)30)39-21-8-11-37(12-9-21)33-6-2/h6,8-9,11,13-15,18-19H,5,7,10,12,16-17H2,1-4H3,(H,31,32,34)/b33-6-. The zero-order chi connectivity index (χ0) is 27.4. The number of benzene rings is 1. The van der Waals surface area contributed by atoms with Crippen LogP contribution in [0.15, 0.2) is 53.7 Å². The van der Waals surface area contributed by atoms with E-state index in [-0.39, 0.29) is 5.69 Å². The molecule has 1 aromatic carbocycles. The van der Waals surface area contributed by atoms with E-state index in [1.807, 2.05) is 32.2 Å². The van der Waals surface area contributed by atoms with E-state index in [2.05, 4.69) is 39.1 Å². The molecule has 0 saturated carbocycles. The zero-order valence-electron chi connectivity index (χ0n) is 22.8. The van der Waals surface area contributed by atoms with Crippen LogP contribution in [-0.4, -0.2) is 52.4 Å². The van der Waals surface area contributed by atoms with Gasteiger partial charge in [0.1, 0.15) is 29.2 Å². The number of rotatable bonds is 8. The minimum atomic E-state index is -0.462. The topological polar surface area (TPSA) is 88.0 Å². The number of allylic oxidation sites excluding steroid dienone is 1. The third-order valence-electron chi connectivity index (χ3n) is 6.59. The molecule has 3 aromatic rings. The van der Waals surface area contributed by atoms with Crippen molar-refractivity contribution >= 4 is 34.6 Å². The fraction of sp³-hybridized carbons (Fsp3) is 0.379. The van der Waals surface area contributed by atoms with E-state index in [4.69, 9.17) is 14.5 Å². The van der Waals surface area contributed by atoms with Crippen LogP contribution in [0.3, 0.4) is 0 Å². The summed E-state index contributed by atoms with van der Waals surface area (Å²) in [4.78, 5) is 16.0. The molecule has 4 heterocycles. The quantitative estimate of drug-likeness (QED) is 0.357. The van der Waals surface area contributed by atoms with Gasteiger partial charge in [0.15, 0.2) is 17.4 Å². The van der Waals surface area contributed by atoms with Crippen LogP contribution >= 0.6 is 0 Å². The first-order chi connectivity index (χ1) is 18.9. The number of ether oxygens (including phenoxy) is 2. The lowest BCUT2D eigenvalue weighted by atomic mass is 10.1. The van der Waals surface area contributed by atoms with Crippen molar-refractivity contribution in [3.05, 3.63) is 60.0 Å². The Balaban J connectivity index is 1.42. The Morgan fingerprint density at radius 3 is 2.92 bits per heavy atom. The third kappa shape index (κ3) is 5.94. The highest BCUT2D eigenvalue weighted by atomic mass is 19.1. The number of fused-ring (bicyclic) bond motifs is 2. The van der Waals surface area contributed by atoms with Crippen LogP contribution in [0.1, 0.15) is 39.2 Å². The molecule has 0 radical (unpaired) electrons. The van der Waals surface area contributed by atoms with Crippen LogP contribution in [0.4, 0.5) is 21.7 Å². The minimum Gasteiger partial charge on any atom is -0.489 e. The van der Waals surface area contributed by atoms with Crippen molar-refractivity contribution < 1.29 is 13.9 Å². The average molecular weight is 532 g/mol. The number of hydrogen-bond acceptors (Lipinski definition) is 9. The molecule has 5 rings (SSSR count). The Morgan fingerprint density at radius 2 is 2.15 bits per heavy atom. The molecule has 0 bridgehead atoms. The lowest BCUT2D eigenvalue weighted by Crippen LogP contribution is -2.30. The average Bonchev–Trinajstić information content (AvgIpc) is 3.08. The summed E-state index contributed by atoms with van der Waals surface area (Å²) in [5, 5.41) is 9.13. The van der Waals surface area contributed by atoms with Gasteiger partial charge in [0.2, 0.25) is 0 Å². The van der Waals surface area contributed by atoms with E-state index in [1.54, 1.807) is 23.4 Å². The van der Waals surface area contributed by atoms with Gasteiger partial charge in [0.25, 0.3) is 0 Å². The monoisotopic (exact) mass is 531 g/mol. The predicted molar refractivity (Wildman–Crippen MR) is 152 cm³/mol. The minimum absolute atomic E-state index is 0.279. The normalized spacial score (nSPS) is 17.2. The van der Waals surface area contributed by atoms with Gasteiger partial charge in [0.05, 0.1) is 24.4 Å². The van der Waals surface area contributed by atoms with Crippen LogP contribution in [0.25, 0.3) is 11.0 Å². The van der Waals surface area contributed by atoms with Gasteiger partial charge in [-0.15, -0.1) is 0 Å². The van der Waals surface area contributed by atoms with Crippen molar-refractivity contribution in [3.8, 4) is 11.5 Å². The second kappa shape index (κ2) is 11.7. The highest BCUT2D eigenvalue weighted by molar-refractivity contribution is 5.90. The molecule has 1 atom stereocenters. The molecule has 9 nitrogen and oxygen atoms in total. The second-order valence-electron chi connectivity index (χ2n) is 9.86. The molecule has 0 saturated heterocycles. The van der Waals surface area contributed by atoms with Crippen LogP contribution in [0.5, 0.6) is 11.5 Å². The third-order valence-corrected chi connectivity index (χ3v) is 6.59. The molecule has 0 aliphatic carbocycles. The number of nitrogens with zero attached hydrogens (tertiary/aromatic N) is 6. The van der Waals surface area contributed by atoms with E-state index < -0.39 is 5.82 Å². The maximum Gasteiger partial charge on any atom is 0.172 e. The molecule has 1 N–H and O–H groups in total. The van der Waals surface area contributed by atoms with Gasteiger partial charge in [0, 0.05) is 43.6 Å². The molecule has 1 unspecified atom stereocenters. The number of unbranched alkanes of at least 4 members (excludes halogenated alkanes) is 1. The smallest absolute Gasteiger partial charge is 0.172 e. The number of hydrogen-bond donors (Lipinski definition) is 1. The maximum absolute atomic E-state index is 15.3. The molecule has 204 valence electrons. The number of halogens is 1. The fourth-order valence-electron chi connectivity index (χ4n) is 4.58. The first kappa shape index (κ1) is 26.4. The summed E-state index contributed by atoms with van der Waals surface area (Å²) < 4.78 is 27.4. The summed E-state index contributed by atoms with van der Waals surface area (Å²) in [6.45, 7) is 11.0. The summed E-state index contributed by atoms with van der Waals surface area (Å²) in [5.41, 5.74) is 2.24. The molecule has 2 aromatic heterocycles. The Kier molecular flexibility index (Phi) is 7.90. The highest BCUT2D eigenvalue weighted by Gasteiger charge is 2.24. The number of anilines is 3. The number of aryl methyl sites for hydroxylation is 1. The summed E-state index contributed by atoms with van der Waals surface area (Å²) in [5.74, 6) is 2.90. The van der Waals surface area contributed by atoms with Crippen LogP contribution in [0, 0.1) is 18.7 Å². The zero-order valence-corrected chi connectivity index (χ0v) is 22.8. The lowest BCUT2D eigenvalue weighted by molar-refractivity contribution is 0.273. The Labute approximate surface area is 228 Å². The molecule has 10 heteroatoms. The predicted octanol–water partition coefficient (Wildman–Crippen LogP) is 5.95. The van der Waals surface area contributed by atoms with Crippen molar-refractivity contribution in [3.63, 3.8) is 0 Å². The van der Waals surface area contributed by atoms with Gasteiger partial charge in [-0.05, 0) is 44.1 Å². The number of pyridine rings is 1. The van der Waals surface area contributed by atoms with Crippen molar-refractivity contribution in [2.24, 2.45) is 11.0 Å².